The molecule has 0 spiro atoms. The molecule has 3 heterocycles. The second-order valence-corrected chi connectivity index (χ2v) is 11.7. The lowest BCUT2D eigenvalue weighted by Crippen LogP contribution is -2.71. The standard InChI is InChI=1S/C24H25N5O6S3/c1-11-4-5-13(8-36-12(2)30)6-14(11)7-15-9-37-22-18(21(32)29(22)19(15)23(33)34)27-20(31)17(28-35-3)16-10-38-24(25)26-16/h4-6,10,18,22H,7-9H2,1-3H3,(H2,25,26)(H,27,31)(H,33,34)/t18-,22-/m1/s1. The van der Waals surface area contributed by atoms with Crippen molar-refractivity contribution in [3.8, 4) is 0 Å². The average molecular weight is 576 g/mol. The van der Waals surface area contributed by atoms with Gasteiger partial charge in [-0.15, -0.1) is 23.1 Å². The highest BCUT2D eigenvalue weighted by atomic mass is 32.2. The molecule has 14 heteroatoms. The van der Waals surface area contributed by atoms with Gasteiger partial charge in [-0.05, 0) is 35.6 Å². The van der Waals surface area contributed by atoms with Crippen molar-refractivity contribution < 1.29 is 29.1 Å². The maximum atomic E-state index is 13.1. The summed E-state index contributed by atoms with van der Waals surface area (Å²) in [6.07, 6.45) is 0.350. The van der Waals surface area contributed by atoms with Crippen molar-refractivity contribution in [2.75, 3.05) is 18.6 Å². The fourth-order valence-electron chi connectivity index (χ4n) is 4.14. The number of carbonyl (C=O) groups is 4. The number of nitrogens with two attached hydrogens (primary N) is 1. The second kappa shape index (κ2) is 11.6. The number of nitrogens with one attached hydrogen (secondary N) is 1. The summed E-state index contributed by atoms with van der Waals surface area (Å²) in [6, 6.07) is 4.92. The maximum absolute atomic E-state index is 13.1. The van der Waals surface area contributed by atoms with E-state index in [1.165, 1.54) is 42.5 Å². The van der Waals surface area contributed by atoms with Crippen LogP contribution in [0, 0.1) is 6.92 Å². The molecule has 0 unspecified atom stereocenters. The van der Waals surface area contributed by atoms with E-state index in [0.717, 1.165) is 28.0 Å². The first-order chi connectivity index (χ1) is 18.1. The molecule has 1 aromatic heterocycles. The van der Waals surface area contributed by atoms with Gasteiger partial charge in [0.25, 0.3) is 11.8 Å². The Balaban J connectivity index is 1.53. The van der Waals surface area contributed by atoms with E-state index in [2.05, 4.69) is 15.5 Å². The highest BCUT2D eigenvalue weighted by Gasteiger charge is 2.54. The number of thiazole rings is 1. The van der Waals surface area contributed by atoms with Crippen LogP contribution in [0.15, 0.2) is 40.0 Å². The van der Waals surface area contributed by atoms with Gasteiger partial charge in [-0.25, -0.2) is 9.78 Å². The summed E-state index contributed by atoms with van der Waals surface area (Å²) in [7, 11) is 1.28. The molecule has 2 aromatic rings. The summed E-state index contributed by atoms with van der Waals surface area (Å²) in [4.78, 5) is 59.7. The van der Waals surface area contributed by atoms with Crippen molar-refractivity contribution in [1.29, 1.82) is 0 Å². The monoisotopic (exact) mass is 575 g/mol. The molecule has 2 atom stereocenters. The van der Waals surface area contributed by atoms with E-state index in [4.69, 9.17) is 10.6 Å². The van der Waals surface area contributed by atoms with Crippen molar-refractivity contribution in [1.82, 2.24) is 15.2 Å². The molecule has 1 aromatic carbocycles. The predicted molar refractivity (Wildman–Crippen MR) is 147 cm³/mol. The Morgan fingerprint density at radius 3 is 2.76 bits per heavy atom. The normalized spacial score (nSPS) is 19.1. The number of β-lactam (4-membered cyclic amide) rings is 1. The number of thioether (sulfide) groups is 2. The number of nitrogen functional groups attached to an aromatic ring is 1. The minimum Gasteiger partial charge on any atom is -0.477 e. The number of carboxylic acids is 1. The van der Waals surface area contributed by atoms with Crippen LogP contribution >= 0.6 is 34.9 Å². The Morgan fingerprint density at radius 1 is 1.37 bits per heavy atom. The minimum absolute atomic E-state index is 0.0204. The van der Waals surface area contributed by atoms with Gasteiger partial charge in [-0.1, -0.05) is 35.1 Å². The van der Waals surface area contributed by atoms with Crippen LogP contribution in [0.1, 0.15) is 29.3 Å². The first kappa shape index (κ1) is 27.7. The maximum Gasteiger partial charge on any atom is 0.352 e. The van der Waals surface area contributed by atoms with E-state index in [1.807, 2.05) is 25.1 Å². The molecule has 0 radical (unpaired) electrons. The topological polar surface area (TPSA) is 164 Å². The third-order valence-electron chi connectivity index (χ3n) is 5.96. The molecule has 200 valence electrons. The number of carboxylic acid groups (broad SMARTS) is 1. The van der Waals surface area contributed by atoms with E-state index in [-0.39, 0.29) is 27.3 Å². The molecular weight excluding hydrogens is 550 g/mol. The molecule has 4 rings (SSSR count). The summed E-state index contributed by atoms with van der Waals surface area (Å²) >= 11 is 3.71. The van der Waals surface area contributed by atoms with Gasteiger partial charge >= 0.3 is 5.97 Å². The van der Waals surface area contributed by atoms with Crippen molar-refractivity contribution in [2.24, 2.45) is 5.16 Å². The third-order valence-corrected chi connectivity index (χ3v) is 8.86. The number of benzene rings is 1. The molecule has 1 saturated heterocycles. The quantitative estimate of drug-likeness (QED) is 0.229. The van der Waals surface area contributed by atoms with Crippen molar-refractivity contribution in [3.63, 3.8) is 0 Å². The van der Waals surface area contributed by atoms with Crippen LogP contribution in [-0.4, -0.2) is 67.9 Å². The molecule has 11 nitrogen and oxygen atoms in total. The number of hydrogen-bond donors (Lipinski definition) is 3. The lowest BCUT2D eigenvalue weighted by molar-refractivity contribution is -0.150. The lowest BCUT2D eigenvalue weighted by Gasteiger charge is -2.49. The number of hydrogen-bond acceptors (Lipinski definition) is 11. The minimum atomic E-state index is -1.20. The van der Waals surface area contributed by atoms with Crippen LogP contribution in [0.2, 0.25) is 0 Å². The highest BCUT2D eigenvalue weighted by molar-refractivity contribution is 8.12. The summed E-state index contributed by atoms with van der Waals surface area (Å²) in [5.41, 5.74) is 9.15. The third kappa shape index (κ3) is 5.71. The summed E-state index contributed by atoms with van der Waals surface area (Å²) in [5, 5.41) is 17.6. The molecule has 2 aliphatic heterocycles. The number of aromatic nitrogens is 1. The summed E-state index contributed by atoms with van der Waals surface area (Å²) in [5.74, 6) is -1.51. The fourth-order valence-corrected chi connectivity index (χ4v) is 6.58. The lowest BCUT2D eigenvalue weighted by atomic mass is 9.95. The Labute approximate surface area is 230 Å². The Morgan fingerprint density at radius 2 is 2.13 bits per heavy atom. The number of oxime groups is 1. The van der Waals surface area contributed by atoms with Crippen LogP contribution in [0.5, 0.6) is 0 Å². The molecule has 0 bridgehead atoms. The predicted octanol–water partition coefficient (Wildman–Crippen LogP) is 2.15. The van der Waals surface area contributed by atoms with E-state index >= 15 is 0 Å². The molecule has 0 aliphatic carbocycles. The van der Waals surface area contributed by atoms with Crippen molar-refractivity contribution in [3.05, 3.63) is 57.2 Å². The van der Waals surface area contributed by atoms with E-state index in [1.54, 1.807) is 5.38 Å². The van der Waals surface area contributed by atoms with Gasteiger partial charge in [0.05, 0.1) is 0 Å². The van der Waals surface area contributed by atoms with Crippen LogP contribution in [0.25, 0.3) is 0 Å². The van der Waals surface area contributed by atoms with Crippen LogP contribution in [0.3, 0.4) is 0 Å². The number of amides is 2. The molecule has 0 saturated carbocycles. The van der Waals surface area contributed by atoms with Gasteiger partial charge in [0, 0.05) is 23.8 Å². The smallest absolute Gasteiger partial charge is 0.352 e. The van der Waals surface area contributed by atoms with E-state index in [0.29, 0.717) is 23.5 Å². The van der Waals surface area contributed by atoms with Crippen LogP contribution < -0.4 is 11.1 Å². The van der Waals surface area contributed by atoms with Gasteiger partial charge < -0.3 is 21.0 Å². The van der Waals surface area contributed by atoms with E-state index in [9.17, 15) is 24.3 Å². The molecule has 2 amide bonds. The summed E-state index contributed by atoms with van der Waals surface area (Å²) < 4.78 is 0. The zero-order valence-electron chi connectivity index (χ0n) is 20.7. The Kier molecular flexibility index (Phi) is 8.43. The molecular formula is C24H25N5O6S3. The Hall–Kier alpha value is -3.36. The SMILES string of the molecule is CON=C(C(=O)N[C@@H]1C(=O)N2C(C(=O)O)=C(Cc3cc(CSC(C)=O)ccc3C)CS[C@H]12)c1csc(N)n1. The van der Waals surface area contributed by atoms with Crippen molar-refractivity contribution in [2.45, 2.75) is 37.4 Å². The molecule has 4 N–H and O–H groups in total. The molecule has 2 aliphatic rings. The Bertz CT molecular complexity index is 1370. The van der Waals surface area contributed by atoms with Gasteiger partial charge in [-0.2, -0.15) is 0 Å². The largest absolute Gasteiger partial charge is 0.477 e. The highest BCUT2D eigenvalue weighted by Crippen LogP contribution is 2.41. The number of nitrogens with zero attached hydrogens (tertiary/aromatic N) is 3. The molecule has 1 fully saturated rings. The van der Waals surface area contributed by atoms with Gasteiger partial charge in [0.2, 0.25) is 0 Å². The van der Waals surface area contributed by atoms with Gasteiger partial charge in [0.1, 0.15) is 29.9 Å². The number of rotatable bonds is 9. The second-order valence-electron chi connectivity index (χ2n) is 8.53. The number of fused-ring (bicyclic) bond motifs is 1. The van der Waals surface area contributed by atoms with E-state index < -0.39 is 29.2 Å². The zero-order chi connectivity index (χ0) is 27.6. The summed E-state index contributed by atoms with van der Waals surface area (Å²) in [6.45, 7) is 3.45. The number of carbonyl (C=O) groups excluding carboxylic acids is 3. The average Bonchev–Trinajstić information content (AvgIpc) is 3.31. The van der Waals surface area contributed by atoms with Crippen LogP contribution in [-0.2, 0) is 36.2 Å². The molecule has 38 heavy (non-hydrogen) atoms. The van der Waals surface area contributed by atoms with Crippen LogP contribution in [0.4, 0.5) is 5.13 Å². The first-order valence-electron chi connectivity index (χ1n) is 11.4. The van der Waals surface area contributed by atoms with Gasteiger partial charge in [-0.3, -0.25) is 19.3 Å². The number of aliphatic carboxylic acids is 1. The first-order valence-corrected chi connectivity index (χ1v) is 14.3. The van der Waals surface area contributed by atoms with Gasteiger partial charge in [0.15, 0.2) is 16.0 Å². The fraction of sp³-hybridized carbons (Fsp3) is 0.333. The zero-order valence-corrected chi connectivity index (χ0v) is 23.2. The van der Waals surface area contributed by atoms with Crippen molar-refractivity contribution >= 4 is 68.6 Å². The number of aryl methyl sites for hydroxylation is 1. The number of anilines is 1.